The van der Waals surface area contributed by atoms with Gasteiger partial charge in [-0.2, -0.15) is 0 Å². The summed E-state index contributed by atoms with van der Waals surface area (Å²) in [6.45, 7) is 2.31. The fraction of sp³-hybridized carbons (Fsp3) is 0.538. The number of carbonyl (C=O) groups excluding carboxylic acids is 1. The van der Waals surface area contributed by atoms with E-state index in [4.69, 9.17) is 21.4 Å². The van der Waals surface area contributed by atoms with Crippen molar-refractivity contribution in [1.29, 1.82) is 0 Å². The SMILES string of the molecule is CC(CCCN(CCCCO)C(=O)C(O)C(O)C(O)C(O)CO)c1ccc(Cl)c(CNC2(c3cnccc3-c3ccccc3OC3CC3)CC2)c1. The second-order valence-electron chi connectivity index (χ2n) is 14.0. The molecule has 2 aromatic carbocycles. The molecule has 51 heavy (non-hydrogen) atoms. The van der Waals surface area contributed by atoms with Crippen molar-refractivity contribution in [2.75, 3.05) is 26.3 Å². The molecule has 1 heterocycles. The number of hydrogen-bond donors (Lipinski definition) is 7. The second-order valence-corrected chi connectivity index (χ2v) is 14.4. The average molecular weight is 726 g/mol. The first-order valence-electron chi connectivity index (χ1n) is 18.0. The lowest BCUT2D eigenvalue weighted by atomic mass is 9.93. The van der Waals surface area contributed by atoms with Crippen molar-refractivity contribution in [2.45, 2.75) is 107 Å². The summed E-state index contributed by atoms with van der Waals surface area (Å²) in [5, 5.41) is 63.2. The summed E-state index contributed by atoms with van der Waals surface area (Å²) in [4.78, 5) is 19.0. The standard InChI is InChI=1S/C39H52ClN3O8/c1-25(7-6-19-43(18-4-5-20-44)38(50)37(49)36(48)35(47)33(46)24-45)26-10-13-32(40)27(21-26)22-42-39(15-16-39)31-23-41-17-14-29(31)30-8-2-3-9-34(30)51-28-11-12-28/h2-3,8-10,13-14,17,21,23,25,28,33,35-37,42,44-49H,4-7,11-12,15-16,18-20,22,24H2,1H3. The topological polar surface area (TPSA) is 176 Å². The molecule has 7 N–H and O–H groups in total. The van der Waals surface area contributed by atoms with Crippen molar-refractivity contribution in [1.82, 2.24) is 15.2 Å². The quantitative estimate of drug-likeness (QED) is 0.0804. The highest BCUT2D eigenvalue weighted by Gasteiger charge is 2.46. The maximum Gasteiger partial charge on any atom is 0.254 e. The first kappa shape index (κ1) is 39.1. The van der Waals surface area contributed by atoms with Crippen LogP contribution in [-0.2, 0) is 16.9 Å². The Labute approximate surface area is 304 Å². The van der Waals surface area contributed by atoms with Gasteiger partial charge < -0.3 is 45.6 Å². The van der Waals surface area contributed by atoms with Gasteiger partial charge in [-0.25, -0.2) is 0 Å². The number of hydrogen-bond acceptors (Lipinski definition) is 10. The van der Waals surface area contributed by atoms with Crippen LogP contribution in [0.15, 0.2) is 60.9 Å². The summed E-state index contributed by atoms with van der Waals surface area (Å²) in [7, 11) is 0. The molecule has 5 atom stereocenters. The van der Waals surface area contributed by atoms with Crippen LogP contribution in [0.2, 0.25) is 5.02 Å². The third-order valence-corrected chi connectivity index (χ3v) is 10.4. The third kappa shape index (κ3) is 10.1. The number of nitrogens with zero attached hydrogens (tertiary/aromatic N) is 2. The van der Waals surface area contributed by atoms with E-state index in [1.807, 2.05) is 42.7 Å². The molecular formula is C39H52ClN3O8. The zero-order chi connectivity index (χ0) is 36.5. The molecule has 278 valence electrons. The Kier molecular flexibility index (Phi) is 13.9. The number of unbranched alkanes of at least 4 members (excludes halogenated alkanes) is 1. The summed E-state index contributed by atoms with van der Waals surface area (Å²) in [6, 6.07) is 16.3. The lowest BCUT2D eigenvalue weighted by molar-refractivity contribution is -0.158. The van der Waals surface area contributed by atoms with E-state index in [9.17, 15) is 30.3 Å². The summed E-state index contributed by atoms with van der Waals surface area (Å²) < 4.78 is 6.26. The van der Waals surface area contributed by atoms with Crippen LogP contribution >= 0.6 is 11.6 Å². The van der Waals surface area contributed by atoms with Crippen molar-refractivity contribution >= 4 is 17.5 Å². The Morgan fingerprint density at radius 3 is 2.45 bits per heavy atom. The number of aliphatic hydroxyl groups is 6. The van der Waals surface area contributed by atoms with Gasteiger partial charge >= 0.3 is 0 Å². The molecule has 2 aliphatic rings. The van der Waals surface area contributed by atoms with Crippen LogP contribution in [0.3, 0.4) is 0 Å². The molecule has 3 aromatic rings. The molecule has 2 aliphatic carbocycles. The molecule has 1 aromatic heterocycles. The molecule has 0 aliphatic heterocycles. The molecule has 0 bridgehead atoms. The highest BCUT2D eigenvalue weighted by molar-refractivity contribution is 6.31. The Balaban J connectivity index is 1.22. The number of carbonyl (C=O) groups is 1. The number of pyridine rings is 1. The molecule has 0 spiro atoms. The number of ether oxygens (including phenoxy) is 1. The lowest BCUT2D eigenvalue weighted by Gasteiger charge is -2.30. The summed E-state index contributed by atoms with van der Waals surface area (Å²) in [5.74, 6) is 0.230. The van der Waals surface area contributed by atoms with Gasteiger partial charge in [-0.3, -0.25) is 9.78 Å². The predicted molar refractivity (Wildman–Crippen MR) is 194 cm³/mol. The largest absolute Gasteiger partial charge is 0.490 e. The number of aliphatic hydroxyl groups excluding tert-OH is 6. The van der Waals surface area contributed by atoms with E-state index >= 15 is 0 Å². The molecule has 12 heteroatoms. The zero-order valence-electron chi connectivity index (χ0n) is 29.2. The van der Waals surface area contributed by atoms with E-state index in [-0.39, 0.29) is 31.2 Å². The van der Waals surface area contributed by atoms with Crippen molar-refractivity contribution < 1.29 is 40.2 Å². The van der Waals surface area contributed by atoms with Gasteiger partial charge in [-0.15, -0.1) is 0 Å². The minimum atomic E-state index is -1.98. The van der Waals surface area contributed by atoms with E-state index in [0.717, 1.165) is 59.3 Å². The number of para-hydroxylation sites is 1. The van der Waals surface area contributed by atoms with E-state index in [2.05, 4.69) is 35.4 Å². The van der Waals surface area contributed by atoms with Gasteiger partial charge in [0.25, 0.3) is 5.91 Å². The van der Waals surface area contributed by atoms with E-state index in [1.54, 1.807) is 0 Å². The highest BCUT2D eigenvalue weighted by atomic mass is 35.5. The molecule has 0 saturated heterocycles. The Bertz CT molecular complexity index is 1590. The van der Waals surface area contributed by atoms with Gasteiger partial charge in [-0.1, -0.05) is 48.9 Å². The fourth-order valence-electron chi connectivity index (χ4n) is 6.49. The number of aromatic nitrogens is 1. The third-order valence-electron chi connectivity index (χ3n) is 10.1. The van der Waals surface area contributed by atoms with Crippen LogP contribution < -0.4 is 10.1 Å². The minimum absolute atomic E-state index is 0.0484. The maximum absolute atomic E-state index is 13.1. The van der Waals surface area contributed by atoms with Crippen molar-refractivity contribution in [2.24, 2.45) is 0 Å². The van der Waals surface area contributed by atoms with Gasteiger partial charge in [0, 0.05) is 54.8 Å². The van der Waals surface area contributed by atoms with Crippen LogP contribution in [0.25, 0.3) is 11.1 Å². The zero-order valence-corrected chi connectivity index (χ0v) is 30.0. The van der Waals surface area contributed by atoms with E-state index < -0.39 is 36.9 Å². The number of benzene rings is 2. The molecule has 2 fully saturated rings. The van der Waals surface area contributed by atoms with Gasteiger partial charge in [0.15, 0.2) is 6.10 Å². The smallest absolute Gasteiger partial charge is 0.254 e. The fourth-order valence-corrected chi connectivity index (χ4v) is 6.68. The second kappa shape index (κ2) is 18.1. The van der Waals surface area contributed by atoms with Crippen molar-refractivity contribution in [3.8, 4) is 16.9 Å². The number of amides is 1. The molecule has 11 nitrogen and oxygen atoms in total. The van der Waals surface area contributed by atoms with Crippen LogP contribution in [0.1, 0.15) is 80.9 Å². The van der Waals surface area contributed by atoms with Crippen molar-refractivity contribution in [3.63, 3.8) is 0 Å². The minimum Gasteiger partial charge on any atom is -0.490 e. The average Bonchev–Trinajstić information content (AvgIpc) is 4.10. The van der Waals surface area contributed by atoms with Crippen molar-refractivity contribution in [3.05, 3.63) is 82.6 Å². The lowest BCUT2D eigenvalue weighted by Crippen LogP contribution is -2.53. The normalized spacial score (nSPS) is 18.0. The summed E-state index contributed by atoms with van der Waals surface area (Å²) >= 11 is 6.72. The molecule has 5 rings (SSSR count). The highest BCUT2D eigenvalue weighted by Crippen LogP contribution is 2.50. The van der Waals surface area contributed by atoms with Crippen LogP contribution in [0.4, 0.5) is 0 Å². The van der Waals surface area contributed by atoms with E-state index in [1.165, 1.54) is 4.90 Å². The number of halogens is 1. The van der Waals surface area contributed by atoms with Crippen LogP contribution in [-0.4, -0.2) is 103 Å². The van der Waals surface area contributed by atoms with Gasteiger partial charge in [-0.05, 0) is 97.7 Å². The Morgan fingerprint density at radius 1 is 1.00 bits per heavy atom. The Hall–Kier alpha value is -3.13. The first-order chi connectivity index (χ1) is 24.6. The molecule has 1 amide bonds. The Morgan fingerprint density at radius 2 is 1.75 bits per heavy atom. The van der Waals surface area contributed by atoms with Gasteiger partial charge in [0.1, 0.15) is 24.1 Å². The summed E-state index contributed by atoms with van der Waals surface area (Å²) in [6.07, 6.45) is 2.90. The number of nitrogens with one attached hydrogen (secondary N) is 1. The molecule has 0 radical (unpaired) electrons. The predicted octanol–water partition coefficient (Wildman–Crippen LogP) is 3.64. The molecule has 2 saturated carbocycles. The molecule has 5 unspecified atom stereocenters. The monoisotopic (exact) mass is 725 g/mol. The molecular weight excluding hydrogens is 674 g/mol. The maximum atomic E-state index is 13.1. The van der Waals surface area contributed by atoms with Crippen LogP contribution in [0.5, 0.6) is 5.75 Å². The summed E-state index contributed by atoms with van der Waals surface area (Å²) in [5.41, 5.74) is 5.19. The van der Waals surface area contributed by atoms with Gasteiger partial charge in [0.05, 0.1) is 12.7 Å². The number of rotatable bonds is 21. The first-order valence-corrected chi connectivity index (χ1v) is 18.4. The van der Waals surface area contributed by atoms with Gasteiger partial charge in [0.2, 0.25) is 0 Å². The van der Waals surface area contributed by atoms with Crippen LogP contribution in [0, 0.1) is 0 Å². The van der Waals surface area contributed by atoms with E-state index in [0.29, 0.717) is 43.4 Å².